The first kappa shape index (κ1) is 22.8. The normalized spacial score (nSPS) is 12.4. The average molecular weight is 277 g/mol. The van der Waals surface area contributed by atoms with Gasteiger partial charge < -0.3 is 5.48 Å². The van der Waals surface area contributed by atoms with Crippen LogP contribution in [0.4, 0.5) is 0 Å². The Bertz CT molecular complexity index is 189. The van der Waals surface area contributed by atoms with E-state index in [1.54, 1.807) is 0 Å². The minimum absolute atomic E-state index is 0. The van der Waals surface area contributed by atoms with Gasteiger partial charge in [0.1, 0.15) is 0 Å². The van der Waals surface area contributed by atoms with E-state index in [1.165, 1.54) is 0 Å². The van der Waals surface area contributed by atoms with Crippen molar-refractivity contribution in [3.05, 3.63) is 0 Å². The van der Waals surface area contributed by atoms with Crippen LogP contribution in [0, 0.1) is 0 Å². The van der Waals surface area contributed by atoms with Gasteiger partial charge in [0.2, 0.25) is 0 Å². The van der Waals surface area contributed by atoms with E-state index < -0.39 is 14.2 Å². The second-order valence-corrected chi connectivity index (χ2v) is 3.49. The van der Waals surface area contributed by atoms with Crippen LogP contribution < -0.4 is 111 Å². The zero-order valence-corrected chi connectivity index (χ0v) is 12.9. The van der Waals surface area contributed by atoms with Crippen molar-refractivity contribution in [3.8, 4) is 0 Å². The summed E-state index contributed by atoms with van der Waals surface area (Å²) in [6, 6.07) is 0. The molecular weight excluding hydrogens is 275 g/mol. The Morgan fingerprint density at radius 3 is 0.889 bits per heavy atom. The van der Waals surface area contributed by atoms with Gasteiger partial charge in [-0.25, -0.2) is 0 Å². The van der Waals surface area contributed by atoms with Crippen LogP contribution in [0.2, 0.25) is 0 Å². The van der Waals surface area contributed by atoms with Crippen molar-refractivity contribution in [1.82, 2.24) is 0 Å². The topological polar surface area (TPSA) is 129 Å². The maximum absolute atomic E-state index is 8.64. The van der Waals surface area contributed by atoms with Crippen LogP contribution in [-0.2, 0) is 24.9 Å². The number of hydrogen-bond donors (Lipinski definition) is 0. The van der Waals surface area contributed by atoms with Crippen molar-refractivity contribution >= 4 is 0 Å². The van der Waals surface area contributed by atoms with Crippen LogP contribution in [0.5, 0.6) is 0 Å². The summed E-state index contributed by atoms with van der Waals surface area (Å²) >= 11 is -7.72. The Balaban J connectivity index is -0.0000000417. The first-order chi connectivity index (χ1) is 2.24. The van der Waals surface area contributed by atoms with Crippen LogP contribution in [0.15, 0.2) is 0 Å². The molecule has 0 saturated carbocycles. The molecule has 0 heterocycles. The molecule has 0 atom stereocenters. The molecule has 0 radical (unpaired) electrons. The molecule has 9 heavy (non-hydrogen) atoms. The van der Waals surface area contributed by atoms with E-state index in [9.17, 15) is 0 Å². The molecule has 0 aromatic heterocycles. The molecule has 0 fully saturated rings. The van der Waals surface area contributed by atoms with E-state index in [1.807, 2.05) is 0 Å². The van der Waals surface area contributed by atoms with Crippen LogP contribution >= 0.6 is 0 Å². The molecule has 2 N–H and O–H groups in total. The van der Waals surface area contributed by atoms with Crippen molar-refractivity contribution in [2.24, 2.45) is 0 Å². The van der Waals surface area contributed by atoms with Crippen molar-refractivity contribution < 1.29 is 141 Å². The zero-order chi connectivity index (χ0) is 5.45. The standard InChI is InChI=1S/2K.H2O.5O.Ru/h;;1H2;;;;;;/q2*+1;;;;;2*-1;. The summed E-state index contributed by atoms with van der Waals surface area (Å²) in [5.41, 5.74) is 0. The van der Waals surface area contributed by atoms with Gasteiger partial charge in [-0.3, -0.25) is 0 Å². The zero-order valence-electron chi connectivity index (χ0n) is 4.89. The van der Waals surface area contributed by atoms with Crippen molar-refractivity contribution in [2.45, 2.75) is 0 Å². The molecule has 48 valence electrons. The van der Waals surface area contributed by atoms with E-state index in [-0.39, 0.29) is 108 Å². The van der Waals surface area contributed by atoms with Crippen molar-refractivity contribution in [2.75, 3.05) is 0 Å². The van der Waals surface area contributed by atoms with E-state index in [0.717, 1.165) is 0 Å². The summed E-state index contributed by atoms with van der Waals surface area (Å²) in [5.74, 6) is 0. The molecule has 0 rings (SSSR count). The Labute approximate surface area is 137 Å². The summed E-state index contributed by atoms with van der Waals surface area (Å²) in [6.45, 7) is 0. The molecule has 9 heteroatoms. The van der Waals surface area contributed by atoms with Gasteiger partial charge >= 0.3 is 136 Å². The summed E-state index contributed by atoms with van der Waals surface area (Å²) in [7, 11) is 0. The predicted octanol–water partition coefficient (Wildman–Crippen LogP) is -9.55. The van der Waals surface area contributed by atoms with E-state index in [2.05, 4.69) is 0 Å². The van der Waals surface area contributed by atoms with Gasteiger partial charge in [0, 0.05) is 0 Å². The SMILES string of the molecule is O.[K+].[K+].[O]=[Ru](=[O])(=[O])([O-])[O-]. The van der Waals surface area contributed by atoms with E-state index >= 15 is 0 Å². The molecule has 6 nitrogen and oxygen atoms in total. The minimum atomic E-state index is -7.72. The monoisotopic (exact) mass is 278 g/mol. The fourth-order valence-electron chi connectivity index (χ4n) is 0. The Hall–Kier alpha value is 3.18. The summed E-state index contributed by atoms with van der Waals surface area (Å²) in [4.78, 5) is 0. The van der Waals surface area contributed by atoms with Gasteiger partial charge in [-0.2, -0.15) is 0 Å². The van der Waals surface area contributed by atoms with E-state index in [4.69, 9.17) is 18.6 Å². The van der Waals surface area contributed by atoms with Crippen LogP contribution in [0.3, 0.4) is 0 Å². The van der Waals surface area contributed by atoms with Gasteiger partial charge in [-0.15, -0.1) is 0 Å². The molecule has 0 aromatic carbocycles. The quantitative estimate of drug-likeness (QED) is 0.406. The van der Waals surface area contributed by atoms with Gasteiger partial charge in [0.25, 0.3) is 0 Å². The molecule has 0 amide bonds. The molecule has 0 spiro atoms. The summed E-state index contributed by atoms with van der Waals surface area (Å²) in [6.07, 6.45) is 0. The molecule has 0 aliphatic heterocycles. The van der Waals surface area contributed by atoms with Gasteiger partial charge in [0.15, 0.2) is 0 Å². The second kappa shape index (κ2) is 6.67. The third-order valence-corrected chi connectivity index (χ3v) is 0. The first-order valence-corrected chi connectivity index (χ1v) is 4.27. The van der Waals surface area contributed by atoms with Gasteiger partial charge in [-0.05, 0) is 0 Å². The van der Waals surface area contributed by atoms with E-state index in [0.29, 0.717) is 0 Å². The number of rotatable bonds is 0. The average Bonchev–Trinajstić information content (AvgIpc) is 0.650. The van der Waals surface area contributed by atoms with Gasteiger partial charge in [0.05, 0.1) is 0 Å². The predicted molar refractivity (Wildman–Crippen MR) is 5.67 cm³/mol. The number of hydrogen-bond acceptors (Lipinski definition) is 5. The Kier molecular flexibility index (Phi) is 16.9. The second-order valence-electron chi connectivity index (χ2n) is 0.589. The molecule has 0 unspecified atom stereocenters. The molecule has 0 saturated heterocycles. The Morgan fingerprint density at radius 2 is 0.889 bits per heavy atom. The first-order valence-electron chi connectivity index (χ1n) is 0.722. The molecule has 0 aromatic rings. The molecule has 0 bridgehead atoms. The van der Waals surface area contributed by atoms with Crippen LogP contribution in [0.1, 0.15) is 0 Å². The fraction of sp³-hybridized carbons (Fsp3) is 0. The van der Waals surface area contributed by atoms with Gasteiger partial charge in [-0.1, -0.05) is 0 Å². The summed E-state index contributed by atoms with van der Waals surface area (Å²) in [5, 5.41) is 0. The Morgan fingerprint density at radius 1 is 0.889 bits per heavy atom. The van der Waals surface area contributed by atoms with Crippen LogP contribution in [0.25, 0.3) is 0 Å². The third kappa shape index (κ3) is 93.3. The maximum atomic E-state index is 8.64. The van der Waals surface area contributed by atoms with Crippen molar-refractivity contribution in [1.29, 1.82) is 0 Å². The van der Waals surface area contributed by atoms with Crippen LogP contribution in [-0.4, -0.2) is 5.48 Å². The van der Waals surface area contributed by atoms with Crippen molar-refractivity contribution in [3.63, 3.8) is 0 Å². The molecule has 0 aliphatic carbocycles. The third-order valence-electron chi connectivity index (χ3n) is 0. The fourth-order valence-corrected chi connectivity index (χ4v) is 0. The molecule has 0 aliphatic rings. The summed E-state index contributed by atoms with van der Waals surface area (Å²) < 4.78 is 43.2. The molecular formula is H2K2O6Ru.